The number of pyridine rings is 1. The molecule has 3 rings (SSSR count). The molecule has 0 spiro atoms. The zero-order valence-electron chi connectivity index (χ0n) is 14.3. The highest BCUT2D eigenvalue weighted by Gasteiger charge is 2.08. The molecule has 0 aliphatic heterocycles. The van der Waals surface area contributed by atoms with Gasteiger partial charge >= 0.3 is 6.03 Å². The van der Waals surface area contributed by atoms with Gasteiger partial charge < -0.3 is 19.8 Å². The second kappa shape index (κ2) is 7.80. The Morgan fingerprint density at radius 3 is 3.12 bits per heavy atom. The second-order valence-corrected chi connectivity index (χ2v) is 5.67. The van der Waals surface area contributed by atoms with Crippen LogP contribution in [0.25, 0.3) is 11.0 Å². The summed E-state index contributed by atoms with van der Waals surface area (Å²) in [5.41, 5.74) is 2.30. The van der Waals surface area contributed by atoms with Crippen LogP contribution in [0.3, 0.4) is 0 Å². The molecule has 0 aromatic carbocycles. The number of rotatable bonds is 7. The molecule has 0 unspecified atom stereocenters. The first-order valence-electron chi connectivity index (χ1n) is 8.08. The number of nitrogens with one attached hydrogen (secondary N) is 2. The van der Waals surface area contributed by atoms with Crippen LogP contribution in [0.2, 0.25) is 0 Å². The van der Waals surface area contributed by atoms with Crippen LogP contribution in [0, 0.1) is 6.92 Å². The number of fused-ring (bicyclic) bond motifs is 1. The number of carbonyl (C=O) groups excluding carboxylic acids is 1. The number of nitrogens with zero attached hydrogens (tertiary/aromatic N) is 3. The van der Waals surface area contributed by atoms with Crippen molar-refractivity contribution >= 4 is 22.8 Å². The summed E-state index contributed by atoms with van der Waals surface area (Å²) in [5.74, 6) is 0.791. The number of carbonyl (C=O) groups is 1. The molecule has 2 N–H and O–H groups in total. The Balaban J connectivity index is 1.39. The lowest BCUT2D eigenvalue weighted by molar-refractivity contribution is 0.104. The summed E-state index contributed by atoms with van der Waals surface area (Å²) in [6.45, 7) is 3.42. The van der Waals surface area contributed by atoms with E-state index in [0.717, 1.165) is 22.5 Å². The first kappa shape index (κ1) is 17.0. The van der Waals surface area contributed by atoms with Gasteiger partial charge in [0.15, 0.2) is 5.65 Å². The van der Waals surface area contributed by atoms with E-state index in [-0.39, 0.29) is 6.03 Å². The van der Waals surface area contributed by atoms with Crippen molar-refractivity contribution in [3.8, 4) is 0 Å². The van der Waals surface area contributed by atoms with E-state index in [1.165, 1.54) is 0 Å². The highest BCUT2D eigenvalue weighted by atomic mass is 16.5. The molecule has 0 aliphatic rings. The number of anilines is 1. The molecule has 8 nitrogen and oxygen atoms in total. The maximum atomic E-state index is 11.9. The van der Waals surface area contributed by atoms with E-state index in [9.17, 15) is 4.79 Å². The molecule has 3 heterocycles. The number of aryl methyl sites for hydroxylation is 2. The summed E-state index contributed by atoms with van der Waals surface area (Å²) in [6, 6.07) is 5.29. The van der Waals surface area contributed by atoms with Crippen molar-refractivity contribution in [3.63, 3.8) is 0 Å². The van der Waals surface area contributed by atoms with E-state index in [0.29, 0.717) is 31.9 Å². The zero-order chi connectivity index (χ0) is 17.6. The van der Waals surface area contributed by atoms with Crippen LogP contribution in [0.5, 0.6) is 0 Å². The van der Waals surface area contributed by atoms with Crippen LogP contribution in [0.15, 0.2) is 35.1 Å². The highest BCUT2D eigenvalue weighted by molar-refractivity contribution is 5.91. The molecular weight excluding hydrogens is 322 g/mol. The number of hydrogen-bond donors (Lipinski definition) is 2. The molecule has 8 heteroatoms. The third-order valence-corrected chi connectivity index (χ3v) is 3.70. The minimum Gasteiger partial charge on any atom is -0.467 e. The number of urea groups is 1. The van der Waals surface area contributed by atoms with Crippen LogP contribution < -0.4 is 10.6 Å². The second-order valence-electron chi connectivity index (χ2n) is 5.67. The number of aromatic nitrogens is 3. The highest BCUT2D eigenvalue weighted by Crippen LogP contribution is 2.19. The first-order valence-corrected chi connectivity index (χ1v) is 8.08. The first-order chi connectivity index (χ1) is 12.1. The van der Waals surface area contributed by atoms with E-state index in [4.69, 9.17) is 9.15 Å². The minimum absolute atomic E-state index is 0.270. The Kier molecular flexibility index (Phi) is 5.30. The van der Waals surface area contributed by atoms with E-state index >= 15 is 0 Å². The van der Waals surface area contributed by atoms with Crippen LogP contribution in [0.4, 0.5) is 10.5 Å². The topological polar surface area (TPSA) is 94.2 Å². The Morgan fingerprint density at radius 2 is 2.32 bits per heavy atom. The summed E-state index contributed by atoms with van der Waals surface area (Å²) in [5, 5.41) is 10.8. The van der Waals surface area contributed by atoms with Gasteiger partial charge in [-0.3, -0.25) is 4.68 Å². The molecule has 0 radical (unpaired) electrons. The molecule has 132 valence electrons. The maximum Gasteiger partial charge on any atom is 0.319 e. The SMILES string of the molecule is Cc1nn(C)c2ncc(NC(=O)NCCCOCc3ccco3)cc12. The lowest BCUT2D eigenvalue weighted by Gasteiger charge is -2.08. The van der Waals surface area contributed by atoms with Crippen LogP contribution >= 0.6 is 0 Å². The Morgan fingerprint density at radius 1 is 1.44 bits per heavy atom. The summed E-state index contributed by atoms with van der Waals surface area (Å²) in [7, 11) is 1.84. The number of furan rings is 1. The smallest absolute Gasteiger partial charge is 0.319 e. The molecule has 3 aromatic rings. The van der Waals surface area contributed by atoms with Crippen molar-refractivity contribution in [3.05, 3.63) is 42.1 Å². The van der Waals surface area contributed by atoms with Gasteiger partial charge in [0, 0.05) is 25.6 Å². The van der Waals surface area contributed by atoms with Gasteiger partial charge in [0.05, 0.1) is 23.8 Å². The van der Waals surface area contributed by atoms with E-state index in [2.05, 4.69) is 20.7 Å². The minimum atomic E-state index is -0.270. The largest absolute Gasteiger partial charge is 0.467 e. The van der Waals surface area contributed by atoms with Gasteiger partial charge in [-0.05, 0) is 31.5 Å². The monoisotopic (exact) mass is 343 g/mol. The Hall–Kier alpha value is -2.87. The van der Waals surface area contributed by atoms with Crippen molar-refractivity contribution < 1.29 is 13.9 Å². The summed E-state index contributed by atoms with van der Waals surface area (Å²) in [6.07, 6.45) is 3.95. The van der Waals surface area contributed by atoms with Crippen LogP contribution in [0.1, 0.15) is 17.9 Å². The average molecular weight is 343 g/mol. The summed E-state index contributed by atoms with van der Waals surface area (Å²) in [4.78, 5) is 16.3. The lowest BCUT2D eigenvalue weighted by Crippen LogP contribution is -2.30. The number of hydrogen-bond acceptors (Lipinski definition) is 5. The number of amides is 2. The standard InChI is InChI=1S/C17H21N5O3/c1-12-15-9-13(10-19-16(15)22(2)21-12)20-17(23)18-6-4-7-24-11-14-5-3-8-25-14/h3,5,8-10H,4,6-7,11H2,1-2H3,(H2,18,20,23). The molecule has 3 aromatic heterocycles. The maximum absolute atomic E-state index is 11.9. The molecule has 0 atom stereocenters. The van der Waals surface area contributed by atoms with Crippen molar-refractivity contribution in [1.29, 1.82) is 0 Å². The molecule has 0 saturated heterocycles. The van der Waals surface area contributed by atoms with Crippen LogP contribution in [-0.2, 0) is 18.4 Å². The quantitative estimate of drug-likeness (QED) is 0.643. The van der Waals surface area contributed by atoms with Gasteiger partial charge in [0.1, 0.15) is 12.4 Å². The third-order valence-electron chi connectivity index (χ3n) is 3.70. The molecule has 0 bridgehead atoms. The molecule has 0 fully saturated rings. The fraction of sp³-hybridized carbons (Fsp3) is 0.353. The predicted molar refractivity (Wildman–Crippen MR) is 93.2 cm³/mol. The van der Waals surface area contributed by atoms with Gasteiger partial charge in [-0.1, -0.05) is 0 Å². The average Bonchev–Trinajstić information content (AvgIpc) is 3.20. The molecule has 0 saturated carbocycles. The van der Waals surface area contributed by atoms with E-state index in [1.807, 2.05) is 32.2 Å². The van der Waals surface area contributed by atoms with Crippen molar-refractivity contribution in [1.82, 2.24) is 20.1 Å². The van der Waals surface area contributed by atoms with Crippen molar-refractivity contribution in [2.75, 3.05) is 18.5 Å². The Labute approximate surface area is 145 Å². The van der Waals surface area contributed by atoms with Gasteiger partial charge in [0.2, 0.25) is 0 Å². The molecule has 2 amide bonds. The van der Waals surface area contributed by atoms with Gasteiger partial charge in [-0.25, -0.2) is 9.78 Å². The van der Waals surface area contributed by atoms with E-state index < -0.39 is 0 Å². The van der Waals surface area contributed by atoms with Crippen LogP contribution in [-0.4, -0.2) is 33.9 Å². The predicted octanol–water partition coefficient (Wildman–Crippen LogP) is 2.60. The number of ether oxygens (including phenoxy) is 1. The van der Waals surface area contributed by atoms with Crippen molar-refractivity contribution in [2.24, 2.45) is 7.05 Å². The van der Waals surface area contributed by atoms with E-state index in [1.54, 1.807) is 17.1 Å². The summed E-state index contributed by atoms with van der Waals surface area (Å²) < 4.78 is 12.3. The lowest BCUT2D eigenvalue weighted by atomic mass is 10.2. The molecule has 25 heavy (non-hydrogen) atoms. The fourth-order valence-corrected chi connectivity index (χ4v) is 2.50. The molecular formula is C17H21N5O3. The fourth-order valence-electron chi connectivity index (χ4n) is 2.50. The van der Waals surface area contributed by atoms with Gasteiger partial charge in [-0.15, -0.1) is 0 Å². The normalized spacial score (nSPS) is 11.0. The van der Waals surface area contributed by atoms with Crippen molar-refractivity contribution in [2.45, 2.75) is 20.0 Å². The zero-order valence-corrected chi connectivity index (χ0v) is 14.3. The third kappa shape index (κ3) is 4.36. The molecule has 0 aliphatic carbocycles. The summed E-state index contributed by atoms with van der Waals surface area (Å²) >= 11 is 0. The van der Waals surface area contributed by atoms with Gasteiger partial charge in [0.25, 0.3) is 0 Å². The van der Waals surface area contributed by atoms with Gasteiger partial charge in [-0.2, -0.15) is 5.10 Å². The Bertz CT molecular complexity index is 841.